The summed E-state index contributed by atoms with van der Waals surface area (Å²) in [4.78, 5) is 31.0. The number of carbonyl (C=O) groups excluding carboxylic acids is 2. The number of ether oxygens (including phenoxy) is 1. The third-order valence-electron chi connectivity index (χ3n) is 5.94. The zero-order valence-electron chi connectivity index (χ0n) is 19.1. The van der Waals surface area contributed by atoms with E-state index in [9.17, 15) is 22.8 Å². The van der Waals surface area contributed by atoms with Gasteiger partial charge in [0, 0.05) is 47.9 Å². The molecule has 0 aliphatic heterocycles. The fourth-order valence-corrected chi connectivity index (χ4v) is 4.09. The van der Waals surface area contributed by atoms with E-state index in [1.807, 2.05) is 13.0 Å². The van der Waals surface area contributed by atoms with Crippen molar-refractivity contribution in [1.29, 1.82) is 0 Å². The highest BCUT2D eigenvalue weighted by Gasteiger charge is 2.34. The van der Waals surface area contributed by atoms with E-state index >= 15 is 0 Å². The van der Waals surface area contributed by atoms with Gasteiger partial charge in [0.05, 0.1) is 17.9 Å². The summed E-state index contributed by atoms with van der Waals surface area (Å²) in [5.74, 6) is -0.346. The average molecular weight is 473 g/mol. The van der Waals surface area contributed by atoms with Gasteiger partial charge < -0.3 is 14.2 Å². The minimum absolute atomic E-state index is 0.0564. The minimum atomic E-state index is -4.52. The summed E-state index contributed by atoms with van der Waals surface area (Å²) in [5.41, 5.74) is 1.36. The predicted octanol–water partition coefficient (Wildman–Crippen LogP) is 5.04. The summed E-state index contributed by atoms with van der Waals surface area (Å²) < 4.78 is 47.1. The van der Waals surface area contributed by atoms with Gasteiger partial charge in [0.2, 0.25) is 5.91 Å². The summed E-state index contributed by atoms with van der Waals surface area (Å²) in [6.45, 7) is 4.48. The van der Waals surface area contributed by atoms with Gasteiger partial charge in [0.15, 0.2) is 0 Å². The first-order valence-electron chi connectivity index (χ1n) is 11.3. The molecular formula is C25H26F3N3O3. The SMILES string of the molecule is CCOC(=O)Cn1cc(-c2ncccc2CN(CC)C(=O)C2CC2)c2cc(C(F)(F)F)ccc21. The first-order chi connectivity index (χ1) is 16.2. The fourth-order valence-electron chi connectivity index (χ4n) is 4.09. The molecule has 1 amide bonds. The lowest BCUT2D eigenvalue weighted by Crippen LogP contribution is -2.31. The standard InChI is InChI=1S/C25H26F3N3O3/c1-3-30(24(33)16-7-8-16)13-17-6-5-11-29-23(17)20-14-31(15-22(32)34-4-2)21-10-9-18(12-19(20)21)25(26,27)28/h5-6,9-12,14,16H,3-4,7-8,13,15H2,1-2H3. The van der Waals surface area contributed by atoms with Crippen molar-refractivity contribution in [2.45, 2.75) is 46.0 Å². The number of carbonyl (C=O) groups is 2. The number of hydrogen-bond acceptors (Lipinski definition) is 4. The molecule has 1 saturated carbocycles. The third-order valence-corrected chi connectivity index (χ3v) is 5.94. The van der Waals surface area contributed by atoms with Crippen molar-refractivity contribution in [3.8, 4) is 11.3 Å². The highest BCUT2D eigenvalue weighted by atomic mass is 19.4. The number of alkyl halides is 3. The second kappa shape index (κ2) is 9.48. The summed E-state index contributed by atoms with van der Waals surface area (Å²) in [5, 5.41) is 0.329. The lowest BCUT2D eigenvalue weighted by molar-refractivity contribution is -0.143. The molecule has 0 atom stereocenters. The van der Waals surface area contributed by atoms with E-state index in [1.54, 1.807) is 34.9 Å². The summed E-state index contributed by atoms with van der Waals surface area (Å²) in [6.07, 6.45) is 0.456. The van der Waals surface area contributed by atoms with Gasteiger partial charge in [-0.3, -0.25) is 14.6 Å². The van der Waals surface area contributed by atoms with E-state index in [0.717, 1.165) is 30.5 Å². The molecule has 0 spiro atoms. The van der Waals surface area contributed by atoms with Crippen LogP contribution in [0.1, 0.15) is 37.8 Å². The van der Waals surface area contributed by atoms with Crippen LogP contribution < -0.4 is 0 Å². The topological polar surface area (TPSA) is 64.4 Å². The number of hydrogen-bond donors (Lipinski definition) is 0. The molecule has 0 saturated heterocycles. The zero-order valence-corrected chi connectivity index (χ0v) is 19.1. The Morgan fingerprint density at radius 2 is 1.97 bits per heavy atom. The van der Waals surface area contributed by atoms with Crippen LogP contribution in [0.5, 0.6) is 0 Å². The summed E-state index contributed by atoms with van der Waals surface area (Å²) >= 11 is 0. The van der Waals surface area contributed by atoms with Crippen LogP contribution in [0.2, 0.25) is 0 Å². The van der Waals surface area contributed by atoms with Crippen molar-refractivity contribution in [2.24, 2.45) is 5.92 Å². The van der Waals surface area contributed by atoms with Crippen molar-refractivity contribution in [2.75, 3.05) is 13.2 Å². The molecule has 1 aliphatic carbocycles. The van der Waals surface area contributed by atoms with E-state index in [1.165, 1.54) is 6.07 Å². The van der Waals surface area contributed by atoms with E-state index < -0.39 is 17.7 Å². The summed E-state index contributed by atoms with van der Waals surface area (Å²) in [6, 6.07) is 7.01. The van der Waals surface area contributed by atoms with Crippen LogP contribution >= 0.6 is 0 Å². The highest BCUT2D eigenvalue weighted by molar-refractivity contribution is 5.97. The molecule has 1 aliphatic rings. The molecule has 1 aromatic carbocycles. The maximum atomic E-state index is 13.5. The van der Waals surface area contributed by atoms with Gasteiger partial charge in [-0.05, 0) is 56.5 Å². The number of amides is 1. The molecule has 6 nitrogen and oxygen atoms in total. The number of fused-ring (bicyclic) bond motifs is 1. The van der Waals surface area contributed by atoms with Gasteiger partial charge in [-0.2, -0.15) is 13.2 Å². The van der Waals surface area contributed by atoms with E-state index in [0.29, 0.717) is 35.2 Å². The Morgan fingerprint density at radius 3 is 2.62 bits per heavy atom. The second-order valence-corrected chi connectivity index (χ2v) is 8.34. The van der Waals surface area contributed by atoms with Gasteiger partial charge in [-0.15, -0.1) is 0 Å². The molecule has 1 fully saturated rings. The predicted molar refractivity (Wildman–Crippen MR) is 121 cm³/mol. The largest absolute Gasteiger partial charge is 0.465 e. The van der Waals surface area contributed by atoms with Crippen molar-refractivity contribution in [1.82, 2.24) is 14.5 Å². The third kappa shape index (κ3) is 4.93. The molecule has 9 heteroatoms. The number of nitrogens with zero attached hydrogens (tertiary/aromatic N) is 3. The Bertz CT molecular complexity index is 1220. The molecule has 2 aromatic heterocycles. The number of esters is 1. The minimum Gasteiger partial charge on any atom is -0.465 e. The first kappa shape index (κ1) is 23.8. The maximum absolute atomic E-state index is 13.5. The normalized spacial score (nSPS) is 13.8. The maximum Gasteiger partial charge on any atom is 0.416 e. The van der Waals surface area contributed by atoms with E-state index in [-0.39, 0.29) is 25.0 Å². The van der Waals surface area contributed by atoms with Crippen molar-refractivity contribution in [3.05, 3.63) is 53.9 Å². The summed E-state index contributed by atoms with van der Waals surface area (Å²) in [7, 11) is 0. The van der Waals surface area contributed by atoms with E-state index in [4.69, 9.17) is 4.74 Å². The molecule has 180 valence electrons. The Hall–Kier alpha value is -3.36. The number of benzene rings is 1. The lowest BCUT2D eigenvalue weighted by atomic mass is 10.0. The van der Waals surface area contributed by atoms with Crippen LogP contribution in [-0.2, 0) is 33.6 Å². The molecule has 0 bridgehead atoms. The van der Waals surface area contributed by atoms with Crippen LogP contribution in [0, 0.1) is 5.92 Å². The first-order valence-corrected chi connectivity index (χ1v) is 11.3. The average Bonchev–Trinajstić information content (AvgIpc) is 3.59. The van der Waals surface area contributed by atoms with Gasteiger partial charge >= 0.3 is 12.1 Å². The van der Waals surface area contributed by atoms with Crippen molar-refractivity contribution < 1.29 is 27.5 Å². The molecule has 2 heterocycles. The smallest absolute Gasteiger partial charge is 0.416 e. The quantitative estimate of drug-likeness (QED) is 0.430. The van der Waals surface area contributed by atoms with Crippen molar-refractivity contribution in [3.63, 3.8) is 0 Å². The monoisotopic (exact) mass is 473 g/mol. The second-order valence-electron chi connectivity index (χ2n) is 8.34. The molecule has 0 radical (unpaired) electrons. The van der Waals surface area contributed by atoms with Crippen LogP contribution in [0.4, 0.5) is 13.2 Å². The molecule has 0 N–H and O–H groups in total. The lowest BCUT2D eigenvalue weighted by Gasteiger charge is -2.22. The number of aromatic nitrogens is 2. The van der Waals surface area contributed by atoms with Gasteiger partial charge in [-0.25, -0.2) is 0 Å². The number of halogens is 3. The Morgan fingerprint density at radius 1 is 1.21 bits per heavy atom. The molecule has 34 heavy (non-hydrogen) atoms. The Kier molecular flexibility index (Phi) is 6.63. The van der Waals surface area contributed by atoms with Crippen LogP contribution in [0.15, 0.2) is 42.7 Å². The number of rotatable bonds is 8. The van der Waals surface area contributed by atoms with Crippen LogP contribution in [0.25, 0.3) is 22.2 Å². The van der Waals surface area contributed by atoms with Gasteiger partial charge in [-0.1, -0.05) is 6.07 Å². The Balaban J connectivity index is 1.81. The molecule has 0 unspecified atom stereocenters. The number of pyridine rings is 1. The zero-order chi connectivity index (χ0) is 24.5. The van der Waals surface area contributed by atoms with Crippen LogP contribution in [-0.4, -0.2) is 39.5 Å². The van der Waals surface area contributed by atoms with Gasteiger partial charge in [0.1, 0.15) is 6.54 Å². The van der Waals surface area contributed by atoms with Crippen molar-refractivity contribution >= 4 is 22.8 Å². The van der Waals surface area contributed by atoms with Gasteiger partial charge in [0.25, 0.3) is 0 Å². The van der Waals surface area contributed by atoms with E-state index in [2.05, 4.69) is 4.98 Å². The molecule has 3 aromatic rings. The Labute approximate surface area is 195 Å². The molecule has 4 rings (SSSR count). The fraction of sp³-hybridized carbons (Fsp3) is 0.400. The highest BCUT2D eigenvalue weighted by Crippen LogP contribution is 2.37. The van der Waals surface area contributed by atoms with Crippen LogP contribution in [0.3, 0.4) is 0 Å². The molecular weight excluding hydrogens is 447 g/mol.